The molecule has 1 unspecified atom stereocenters. The number of aryl methyl sites for hydroxylation is 2. The number of ether oxygens (including phenoxy) is 1. The maximum atomic E-state index is 13.6. The van der Waals surface area contributed by atoms with Gasteiger partial charge in [0.2, 0.25) is 0 Å². The molecular formula is C19H24FN3O2. The lowest BCUT2D eigenvalue weighted by atomic mass is 9.98. The molecule has 2 aromatic rings. The van der Waals surface area contributed by atoms with Crippen LogP contribution in [0.15, 0.2) is 30.3 Å². The number of hydrogen-bond donors (Lipinski definition) is 0. The number of nitrogens with zero attached hydrogens (tertiary/aromatic N) is 3. The van der Waals surface area contributed by atoms with Crippen LogP contribution in [-0.4, -0.2) is 40.3 Å². The average Bonchev–Trinajstić information content (AvgIpc) is 3.01. The van der Waals surface area contributed by atoms with Crippen molar-refractivity contribution in [2.24, 2.45) is 5.92 Å². The molecular weight excluding hydrogens is 321 g/mol. The molecule has 1 aliphatic rings. The third kappa shape index (κ3) is 4.00. The minimum absolute atomic E-state index is 0.0362. The van der Waals surface area contributed by atoms with E-state index < -0.39 is 0 Å². The molecule has 0 N–H and O–H groups in total. The van der Waals surface area contributed by atoms with Crippen LogP contribution < -0.4 is 4.74 Å². The minimum atomic E-state index is -0.355. The molecule has 6 heteroatoms. The fourth-order valence-electron chi connectivity index (χ4n) is 3.25. The van der Waals surface area contributed by atoms with Crippen molar-refractivity contribution in [1.82, 2.24) is 14.7 Å². The average molecular weight is 345 g/mol. The molecule has 3 rings (SSSR count). The summed E-state index contributed by atoms with van der Waals surface area (Å²) in [6, 6.07) is 8.24. The number of benzene rings is 1. The molecule has 0 saturated carbocycles. The zero-order chi connectivity index (χ0) is 17.8. The largest absolute Gasteiger partial charge is 0.490 e. The van der Waals surface area contributed by atoms with E-state index in [1.165, 1.54) is 6.07 Å². The van der Waals surface area contributed by atoms with Gasteiger partial charge in [-0.15, -0.1) is 0 Å². The van der Waals surface area contributed by atoms with Gasteiger partial charge in [0, 0.05) is 31.2 Å². The molecule has 1 saturated heterocycles. The van der Waals surface area contributed by atoms with Crippen molar-refractivity contribution in [3.63, 3.8) is 0 Å². The van der Waals surface area contributed by atoms with Gasteiger partial charge in [0.1, 0.15) is 0 Å². The Hall–Kier alpha value is -2.37. The van der Waals surface area contributed by atoms with E-state index in [4.69, 9.17) is 4.74 Å². The van der Waals surface area contributed by atoms with Crippen molar-refractivity contribution in [3.05, 3.63) is 47.5 Å². The number of amides is 1. The first-order chi connectivity index (χ1) is 12.1. The van der Waals surface area contributed by atoms with Crippen molar-refractivity contribution in [3.8, 4) is 5.75 Å². The third-order valence-corrected chi connectivity index (χ3v) is 4.62. The molecule has 0 aliphatic carbocycles. The van der Waals surface area contributed by atoms with Crippen LogP contribution in [0.25, 0.3) is 0 Å². The van der Waals surface area contributed by atoms with E-state index in [0.717, 1.165) is 31.6 Å². The normalized spacial score (nSPS) is 17.6. The smallest absolute Gasteiger partial charge is 0.274 e. The van der Waals surface area contributed by atoms with Crippen molar-refractivity contribution in [2.45, 2.75) is 33.2 Å². The highest BCUT2D eigenvalue weighted by molar-refractivity contribution is 5.92. The van der Waals surface area contributed by atoms with E-state index in [2.05, 4.69) is 5.10 Å². The molecule has 1 aromatic heterocycles. The Morgan fingerprint density at radius 2 is 2.20 bits per heavy atom. The lowest BCUT2D eigenvalue weighted by molar-refractivity contribution is 0.0624. The van der Waals surface area contributed by atoms with Gasteiger partial charge in [-0.1, -0.05) is 12.1 Å². The Labute approximate surface area is 147 Å². The summed E-state index contributed by atoms with van der Waals surface area (Å²) in [4.78, 5) is 14.5. The summed E-state index contributed by atoms with van der Waals surface area (Å²) >= 11 is 0. The molecule has 1 amide bonds. The van der Waals surface area contributed by atoms with Gasteiger partial charge in [0.25, 0.3) is 5.91 Å². The van der Waals surface area contributed by atoms with Gasteiger partial charge in [-0.05, 0) is 44.9 Å². The number of aromatic nitrogens is 2. The van der Waals surface area contributed by atoms with E-state index in [1.807, 2.05) is 29.5 Å². The van der Waals surface area contributed by atoms with Crippen LogP contribution in [0.1, 0.15) is 35.9 Å². The molecule has 0 bridgehead atoms. The zero-order valence-electron chi connectivity index (χ0n) is 14.7. The zero-order valence-corrected chi connectivity index (χ0v) is 14.7. The molecule has 1 atom stereocenters. The third-order valence-electron chi connectivity index (χ3n) is 4.62. The number of para-hydroxylation sites is 1. The van der Waals surface area contributed by atoms with E-state index in [9.17, 15) is 9.18 Å². The molecule has 5 nitrogen and oxygen atoms in total. The number of rotatable bonds is 5. The summed E-state index contributed by atoms with van der Waals surface area (Å²) < 4.78 is 21.1. The summed E-state index contributed by atoms with van der Waals surface area (Å²) in [5.74, 6) is 0.0765. The maximum Gasteiger partial charge on any atom is 0.274 e. The van der Waals surface area contributed by atoms with E-state index in [-0.39, 0.29) is 23.4 Å². The second kappa shape index (κ2) is 7.68. The van der Waals surface area contributed by atoms with Gasteiger partial charge in [0.15, 0.2) is 17.3 Å². The van der Waals surface area contributed by atoms with Gasteiger partial charge < -0.3 is 9.64 Å². The summed E-state index contributed by atoms with van der Waals surface area (Å²) in [5.41, 5.74) is 1.48. The first-order valence-corrected chi connectivity index (χ1v) is 8.79. The fourth-order valence-corrected chi connectivity index (χ4v) is 3.25. The van der Waals surface area contributed by atoms with E-state index in [0.29, 0.717) is 18.8 Å². The monoisotopic (exact) mass is 345 g/mol. The fraction of sp³-hybridized carbons (Fsp3) is 0.474. The van der Waals surface area contributed by atoms with Crippen LogP contribution in [0, 0.1) is 18.7 Å². The SMILES string of the molecule is CCn1nc(C(=O)N2CCCC(COc3ccccc3F)C2)cc1C. The highest BCUT2D eigenvalue weighted by atomic mass is 19.1. The number of halogens is 1. The van der Waals surface area contributed by atoms with Crippen LogP contribution in [0.5, 0.6) is 5.75 Å². The number of likely N-dealkylation sites (tertiary alicyclic amines) is 1. The Bertz CT molecular complexity index is 744. The van der Waals surface area contributed by atoms with Crippen LogP contribution in [0.2, 0.25) is 0 Å². The Morgan fingerprint density at radius 1 is 1.40 bits per heavy atom. The van der Waals surface area contributed by atoms with Crippen LogP contribution in [0.4, 0.5) is 4.39 Å². The van der Waals surface area contributed by atoms with Crippen molar-refractivity contribution in [1.29, 1.82) is 0 Å². The summed E-state index contributed by atoms with van der Waals surface area (Å²) in [6.45, 7) is 6.46. The number of hydrogen-bond acceptors (Lipinski definition) is 3. The summed E-state index contributed by atoms with van der Waals surface area (Å²) in [7, 11) is 0. The first kappa shape index (κ1) is 17.5. The molecule has 0 radical (unpaired) electrons. The molecule has 2 heterocycles. The Kier molecular flexibility index (Phi) is 5.36. The Morgan fingerprint density at radius 3 is 2.92 bits per heavy atom. The van der Waals surface area contributed by atoms with Crippen LogP contribution >= 0.6 is 0 Å². The number of piperidine rings is 1. The minimum Gasteiger partial charge on any atom is -0.490 e. The molecule has 0 spiro atoms. The van der Waals surface area contributed by atoms with E-state index in [1.54, 1.807) is 18.2 Å². The highest BCUT2D eigenvalue weighted by Crippen LogP contribution is 2.22. The molecule has 1 aromatic carbocycles. The lowest BCUT2D eigenvalue weighted by Crippen LogP contribution is -2.41. The predicted molar refractivity (Wildman–Crippen MR) is 93.2 cm³/mol. The number of carbonyl (C=O) groups is 1. The van der Waals surface area contributed by atoms with Gasteiger partial charge in [0.05, 0.1) is 6.61 Å². The highest BCUT2D eigenvalue weighted by Gasteiger charge is 2.26. The second-order valence-corrected chi connectivity index (χ2v) is 6.49. The number of carbonyl (C=O) groups excluding carboxylic acids is 1. The standard InChI is InChI=1S/C19H24FN3O2/c1-3-23-14(2)11-17(21-23)19(24)22-10-6-7-15(12-22)13-25-18-9-5-4-8-16(18)20/h4-5,8-9,11,15H,3,6-7,10,12-13H2,1-2H3. The van der Waals surface area contributed by atoms with Gasteiger partial charge >= 0.3 is 0 Å². The maximum absolute atomic E-state index is 13.6. The topological polar surface area (TPSA) is 47.4 Å². The quantitative estimate of drug-likeness (QED) is 0.835. The lowest BCUT2D eigenvalue weighted by Gasteiger charge is -2.32. The Balaban J connectivity index is 1.60. The van der Waals surface area contributed by atoms with Crippen molar-refractivity contribution < 1.29 is 13.9 Å². The van der Waals surface area contributed by atoms with E-state index >= 15 is 0 Å². The molecule has 134 valence electrons. The summed E-state index contributed by atoms with van der Waals surface area (Å²) in [6.07, 6.45) is 1.89. The van der Waals surface area contributed by atoms with Gasteiger partial charge in [-0.2, -0.15) is 5.10 Å². The first-order valence-electron chi connectivity index (χ1n) is 8.79. The second-order valence-electron chi connectivity index (χ2n) is 6.49. The van der Waals surface area contributed by atoms with Gasteiger partial charge in [-0.3, -0.25) is 9.48 Å². The summed E-state index contributed by atoms with van der Waals surface area (Å²) in [5, 5.41) is 4.38. The molecule has 25 heavy (non-hydrogen) atoms. The van der Waals surface area contributed by atoms with Crippen molar-refractivity contribution in [2.75, 3.05) is 19.7 Å². The molecule has 1 fully saturated rings. The van der Waals surface area contributed by atoms with Crippen LogP contribution in [-0.2, 0) is 6.54 Å². The van der Waals surface area contributed by atoms with Crippen molar-refractivity contribution >= 4 is 5.91 Å². The van der Waals surface area contributed by atoms with Crippen LogP contribution in [0.3, 0.4) is 0 Å². The molecule has 1 aliphatic heterocycles. The predicted octanol–water partition coefficient (Wildman–Crippen LogP) is 3.28. The van der Waals surface area contributed by atoms with Gasteiger partial charge in [-0.25, -0.2) is 4.39 Å².